The Hall–Kier alpha value is -2.80. The third kappa shape index (κ3) is 3.36. The van der Waals surface area contributed by atoms with Crippen LogP contribution >= 0.6 is 0 Å². The molecule has 2 aromatic rings. The van der Waals surface area contributed by atoms with Crippen molar-refractivity contribution in [3.8, 4) is 11.8 Å². The van der Waals surface area contributed by atoms with Crippen molar-refractivity contribution in [3.63, 3.8) is 0 Å². The predicted octanol–water partition coefficient (Wildman–Crippen LogP) is 2.92. The Morgan fingerprint density at radius 1 is 1.10 bits per heavy atom. The van der Waals surface area contributed by atoms with E-state index in [4.69, 9.17) is 14.7 Å². The molecule has 0 saturated carbocycles. The topological polar surface area (TPSA) is 59.3 Å². The smallest absolute Gasteiger partial charge is 0.338 e. The first kappa shape index (κ1) is 13.6. The first-order chi connectivity index (χ1) is 9.72. The molecule has 0 aliphatic rings. The van der Waals surface area contributed by atoms with E-state index in [2.05, 4.69) is 0 Å². The summed E-state index contributed by atoms with van der Waals surface area (Å²) in [7, 11) is 1.57. The van der Waals surface area contributed by atoms with Gasteiger partial charge in [0.15, 0.2) is 0 Å². The van der Waals surface area contributed by atoms with Crippen LogP contribution in [0.15, 0.2) is 48.5 Å². The Morgan fingerprint density at radius 2 is 1.75 bits per heavy atom. The molecule has 0 heterocycles. The van der Waals surface area contributed by atoms with E-state index in [0.717, 1.165) is 5.56 Å². The summed E-state index contributed by atoms with van der Waals surface area (Å²) in [6.45, 7) is 0.177. The lowest BCUT2D eigenvalue weighted by atomic mass is 10.1. The number of carbonyl (C=O) groups is 1. The number of nitrogens with zero attached hydrogens (tertiary/aromatic N) is 1. The van der Waals surface area contributed by atoms with E-state index in [-0.39, 0.29) is 6.61 Å². The largest absolute Gasteiger partial charge is 0.497 e. The van der Waals surface area contributed by atoms with E-state index >= 15 is 0 Å². The first-order valence-electron chi connectivity index (χ1n) is 6.03. The molecule has 0 atom stereocenters. The van der Waals surface area contributed by atoms with Gasteiger partial charge in [0.1, 0.15) is 12.4 Å². The third-order valence-corrected chi connectivity index (χ3v) is 2.78. The molecule has 0 bridgehead atoms. The lowest BCUT2D eigenvalue weighted by Gasteiger charge is -2.06. The van der Waals surface area contributed by atoms with Gasteiger partial charge in [-0.25, -0.2) is 4.79 Å². The summed E-state index contributed by atoms with van der Waals surface area (Å²) in [6, 6.07) is 15.7. The van der Waals surface area contributed by atoms with Crippen molar-refractivity contribution in [1.82, 2.24) is 0 Å². The minimum Gasteiger partial charge on any atom is -0.497 e. The number of carbonyl (C=O) groups excluding carboxylic acids is 1. The van der Waals surface area contributed by atoms with Gasteiger partial charge in [0, 0.05) is 0 Å². The van der Waals surface area contributed by atoms with Crippen molar-refractivity contribution in [1.29, 1.82) is 5.26 Å². The Balaban J connectivity index is 1.95. The van der Waals surface area contributed by atoms with Gasteiger partial charge in [-0.05, 0) is 42.0 Å². The third-order valence-electron chi connectivity index (χ3n) is 2.78. The number of rotatable bonds is 4. The molecule has 2 aromatic carbocycles. The fourth-order valence-electron chi connectivity index (χ4n) is 1.63. The highest BCUT2D eigenvalue weighted by Crippen LogP contribution is 2.13. The van der Waals surface area contributed by atoms with Gasteiger partial charge >= 0.3 is 5.97 Å². The molecule has 0 amide bonds. The number of ether oxygens (including phenoxy) is 2. The second kappa shape index (κ2) is 6.39. The number of benzene rings is 2. The maximum atomic E-state index is 11.8. The zero-order valence-electron chi connectivity index (χ0n) is 11.0. The lowest BCUT2D eigenvalue weighted by molar-refractivity contribution is 0.0472. The van der Waals surface area contributed by atoms with E-state index in [1.807, 2.05) is 6.07 Å². The number of nitriles is 1. The molecular formula is C16H13NO3. The van der Waals surface area contributed by atoms with E-state index in [1.54, 1.807) is 55.6 Å². The van der Waals surface area contributed by atoms with E-state index in [1.165, 1.54) is 0 Å². The summed E-state index contributed by atoms with van der Waals surface area (Å²) < 4.78 is 10.2. The van der Waals surface area contributed by atoms with Crippen LogP contribution in [0.5, 0.6) is 5.75 Å². The number of esters is 1. The Bertz CT molecular complexity index is 624. The molecule has 0 spiro atoms. The van der Waals surface area contributed by atoms with Crippen molar-refractivity contribution in [2.75, 3.05) is 7.11 Å². The van der Waals surface area contributed by atoms with Gasteiger partial charge < -0.3 is 9.47 Å². The van der Waals surface area contributed by atoms with Crippen LogP contribution in [-0.4, -0.2) is 13.1 Å². The Kier molecular flexibility index (Phi) is 4.35. The van der Waals surface area contributed by atoms with Crippen molar-refractivity contribution in [2.45, 2.75) is 6.61 Å². The van der Waals surface area contributed by atoms with Gasteiger partial charge in [-0.3, -0.25) is 0 Å². The van der Waals surface area contributed by atoms with Crippen LogP contribution in [0.2, 0.25) is 0 Å². The van der Waals surface area contributed by atoms with E-state index in [0.29, 0.717) is 16.9 Å². The van der Waals surface area contributed by atoms with Crippen LogP contribution in [0.1, 0.15) is 21.5 Å². The molecule has 0 aromatic heterocycles. The molecule has 2 rings (SSSR count). The predicted molar refractivity (Wildman–Crippen MR) is 73.3 cm³/mol. The first-order valence-corrected chi connectivity index (χ1v) is 6.03. The summed E-state index contributed by atoms with van der Waals surface area (Å²) >= 11 is 0. The number of hydrogen-bond acceptors (Lipinski definition) is 4. The van der Waals surface area contributed by atoms with Crippen molar-refractivity contribution in [2.24, 2.45) is 0 Å². The minimum absolute atomic E-state index is 0.177. The number of methoxy groups -OCH3 is 1. The standard InChI is InChI=1S/C16H13NO3/c1-19-15-8-6-14(7-9-15)16(18)20-11-13-4-2-12(10-17)3-5-13/h2-9H,11H2,1H3. The summed E-state index contributed by atoms with van der Waals surface area (Å²) in [6.07, 6.45) is 0. The van der Waals surface area contributed by atoms with E-state index in [9.17, 15) is 4.79 Å². The van der Waals surface area contributed by atoms with Crippen molar-refractivity contribution in [3.05, 3.63) is 65.2 Å². The molecule has 0 aliphatic heterocycles. The van der Waals surface area contributed by atoms with Crippen LogP contribution in [0, 0.1) is 11.3 Å². The number of hydrogen-bond donors (Lipinski definition) is 0. The molecule has 0 fully saturated rings. The van der Waals surface area contributed by atoms with Crippen LogP contribution in [0.25, 0.3) is 0 Å². The lowest BCUT2D eigenvalue weighted by Crippen LogP contribution is -2.05. The average molecular weight is 267 g/mol. The molecule has 100 valence electrons. The molecule has 0 unspecified atom stereocenters. The molecule has 4 heteroatoms. The second-order valence-electron chi connectivity index (χ2n) is 4.11. The van der Waals surface area contributed by atoms with Gasteiger partial charge in [0.25, 0.3) is 0 Å². The van der Waals surface area contributed by atoms with Gasteiger partial charge in [-0.2, -0.15) is 5.26 Å². The SMILES string of the molecule is COc1ccc(C(=O)OCc2ccc(C#N)cc2)cc1. The Morgan fingerprint density at radius 3 is 2.30 bits per heavy atom. The zero-order valence-corrected chi connectivity index (χ0v) is 11.0. The molecule has 0 radical (unpaired) electrons. The van der Waals surface area contributed by atoms with Gasteiger partial charge in [-0.15, -0.1) is 0 Å². The van der Waals surface area contributed by atoms with Crippen LogP contribution < -0.4 is 4.74 Å². The summed E-state index contributed by atoms with van der Waals surface area (Å²) in [4.78, 5) is 11.8. The normalized spacial score (nSPS) is 9.60. The summed E-state index contributed by atoms with van der Waals surface area (Å²) in [5.41, 5.74) is 1.89. The zero-order chi connectivity index (χ0) is 14.4. The molecule has 20 heavy (non-hydrogen) atoms. The molecule has 4 nitrogen and oxygen atoms in total. The van der Waals surface area contributed by atoms with Crippen LogP contribution in [-0.2, 0) is 11.3 Å². The van der Waals surface area contributed by atoms with Crippen LogP contribution in [0.3, 0.4) is 0 Å². The quantitative estimate of drug-likeness (QED) is 0.799. The summed E-state index contributed by atoms with van der Waals surface area (Å²) in [5, 5.41) is 8.69. The monoisotopic (exact) mass is 267 g/mol. The Labute approximate surface area is 117 Å². The van der Waals surface area contributed by atoms with Gasteiger partial charge in [-0.1, -0.05) is 12.1 Å². The maximum Gasteiger partial charge on any atom is 0.338 e. The minimum atomic E-state index is -0.392. The fourth-order valence-corrected chi connectivity index (χ4v) is 1.63. The maximum absolute atomic E-state index is 11.8. The molecular weight excluding hydrogens is 254 g/mol. The molecule has 0 saturated heterocycles. The van der Waals surface area contributed by atoms with Gasteiger partial charge in [0.2, 0.25) is 0 Å². The summed E-state index contributed by atoms with van der Waals surface area (Å²) in [5.74, 6) is 0.297. The van der Waals surface area contributed by atoms with E-state index < -0.39 is 5.97 Å². The van der Waals surface area contributed by atoms with Gasteiger partial charge in [0.05, 0.1) is 24.3 Å². The average Bonchev–Trinajstić information content (AvgIpc) is 2.53. The van der Waals surface area contributed by atoms with Crippen molar-refractivity contribution < 1.29 is 14.3 Å². The molecule has 0 aliphatic carbocycles. The highest BCUT2D eigenvalue weighted by atomic mass is 16.5. The highest BCUT2D eigenvalue weighted by Gasteiger charge is 2.07. The van der Waals surface area contributed by atoms with Crippen molar-refractivity contribution >= 4 is 5.97 Å². The highest BCUT2D eigenvalue weighted by molar-refractivity contribution is 5.89. The van der Waals surface area contributed by atoms with Crippen LogP contribution in [0.4, 0.5) is 0 Å². The second-order valence-corrected chi connectivity index (χ2v) is 4.11. The molecule has 0 N–H and O–H groups in total. The fraction of sp³-hybridized carbons (Fsp3) is 0.125.